The number of hydrogen-bond donors (Lipinski definition) is 2. The minimum absolute atomic E-state index is 0.286. The van der Waals surface area contributed by atoms with E-state index in [1.165, 1.54) is 17.3 Å². The molecule has 0 amide bonds. The Balaban J connectivity index is 1.65. The fraction of sp³-hybridized carbons (Fsp3) is 0.357. The van der Waals surface area contributed by atoms with Crippen molar-refractivity contribution < 1.29 is 4.74 Å². The number of hydrogen-bond acceptors (Lipinski definition) is 5. The molecule has 1 aromatic heterocycles. The molecule has 21 heavy (non-hydrogen) atoms. The van der Waals surface area contributed by atoms with Crippen LogP contribution < -0.4 is 16.0 Å². The molecule has 0 saturated heterocycles. The van der Waals surface area contributed by atoms with Crippen LogP contribution in [0.1, 0.15) is 18.4 Å². The van der Waals surface area contributed by atoms with Gasteiger partial charge in [0.1, 0.15) is 5.75 Å². The van der Waals surface area contributed by atoms with Crippen molar-refractivity contribution in [3.63, 3.8) is 0 Å². The largest absolute Gasteiger partial charge is 0.494 e. The number of nitrogens with one attached hydrogen (secondary N) is 2. The average Bonchev–Trinajstić information content (AvgIpc) is 2.46. The zero-order valence-corrected chi connectivity index (χ0v) is 12.5. The molecule has 1 aromatic carbocycles. The fourth-order valence-corrected chi connectivity index (χ4v) is 2.47. The second-order valence-electron chi connectivity index (χ2n) is 4.53. The van der Waals surface area contributed by atoms with Crippen molar-refractivity contribution in [3.8, 4) is 5.75 Å². The molecule has 0 fully saturated rings. The first-order valence-electron chi connectivity index (χ1n) is 6.66. The normalized spacial score (nSPS) is 10.5. The number of ether oxygens (including phenoxy) is 1. The van der Waals surface area contributed by atoms with E-state index in [1.54, 1.807) is 0 Å². The third kappa shape index (κ3) is 5.11. The van der Waals surface area contributed by atoms with E-state index < -0.39 is 11.2 Å². The van der Waals surface area contributed by atoms with E-state index in [2.05, 4.69) is 15.2 Å². The Morgan fingerprint density at radius 1 is 1.19 bits per heavy atom. The quantitative estimate of drug-likeness (QED) is 0.600. The second kappa shape index (κ2) is 7.68. The lowest BCUT2D eigenvalue weighted by atomic mass is 10.2. The summed E-state index contributed by atoms with van der Waals surface area (Å²) in [6.07, 6.45) is 1.79. The lowest BCUT2D eigenvalue weighted by Gasteiger charge is -2.06. The van der Waals surface area contributed by atoms with E-state index >= 15 is 0 Å². The standard InChI is InChI=1S/C14H17N3O3S/c1-10-4-6-11(7-5-10)20-8-2-3-9-21-13-12(18)15-14(19)17-16-13/h4-7H,2-3,8-9H2,1H3,(H2,15,17,18,19). The van der Waals surface area contributed by atoms with E-state index in [0.717, 1.165) is 24.3 Å². The summed E-state index contributed by atoms with van der Waals surface area (Å²) in [5, 5.41) is 6.20. The molecule has 0 bridgehead atoms. The van der Waals surface area contributed by atoms with Gasteiger partial charge in [-0.3, -0.25) is 9.78 Å². The molecule has 6 nitrogen and oxygen atoms in total. The van der Waals surface area contributed by atoms with Crippen molar-refractivity contribution in [2.75, 3.05) is 12.4 Å². The molecule has 0 aliphatic rings. The predicted octanol–water partition coefficient (Wildman–Crippen LogP) is 1.72. The monoisotopic (exact) mass is 307 g/mol. The van der Waals surface area contributed by atoms with Gasteiger partial charge < -0.3 is 4.74 Å². The summed E-state index contributed by atoms with van der Waals surface area (Å²) < 4.78 is 5.61. The summed E-state index contributed by atoms with van der Waals surface area (Å²) in [6.45, 7) is 2.67. The maximum absolute atomic E-state index is 11.4. The SMILES string of the molecule is Cc1ccc(OCCCCSc2n[nH]c(=O)[nH]c2=O)cc1. The maximum atomic E-state index is 11.4. The zero-order valence-electron chi connectivity index (χ0n) is 11.7. The molecule has 2 aromatic rings. The van der Waals surface area contributed by atoms with Crippen molar-refractivity contribution in [1.82, 2.24) is 15.2 Å². The molecule has 0 saturated carbocycles. The number of benzene rings is 1. The van der Waals surface area contributed by atoms with Gasteiger partial charge in [-0.2, -0.15) is 5.10 Å². The predicted molar refractivity (Wildman–Crippen MR) is 82.1 cm³/mol. The van der Waals surface area contributed by atoms with Crippen LogP contribution in [0.3, 0.4) is 0 Å². The molecule has 0 aliphatic carbocycles. The smallest absolute Gasteiger partial charge is 0.342 e. The number of thioether (sulfide) groups is 1. The highest BCUT2D eigenvalue weighted by atomic mass is 32.2. The Morgan fingerprint density at radius 2 is 1.95 bits per heavy atom. The maximum Gasteiger partial charge on any atom is 0.342 e. The summed E-state index contributed by atoms with van der Waals surface area (Å²) in [5.74, 6) is 1.62. The van der Waals surface area contributed by atoms with Gasteiger partial charge in [0.05, 0.1) is 6.61 Å². The molecule has 1 heterocycles. The van der Waals surface area contributed by atoms with Gasteiger partial charge in [-0.25, -0.2) is 9.89 Å². The van der Waals surface area contributed by atoms with Gasteiger partial charge >= 0.3 is 5.69 Å². The molecular formula is C14H17N3O3S. The third-order valence-electron chi connectivity index (χ3n) is 2.75. The van der Waals surface area contributed by atoms with Gasteiger partial charge in [0.2, 0.25) is 0 Å². The minimum atomic E-state index is -0.587. The van der Waals surface area contributed by atoms with Crippen molar-refractivity contribution >= 4 is 11.8 Å². The van der Waals surface area contributed by atoms with Crippen LogP contribution in [0, 0.1) is 6.92 Å². The van der Waals surface area contributed by atoms with E-state index in [0.29, 0.717) is 6.61 Å². The van der Waals surface area contributed by atoms with E-state index in [1.807, 2.05) is 31.2 Å². The van der Waals surface area contributed by atoms with Crippen LogP contribution in [0.4, 0.5) is 0 Å². The minimum Gasteiger partial charge on any atom is -0.494 e. The lowest BCUT2D eigenvalue weighted by Crippen LogP contribution is -2.25. The van der Waals surface area contributed by atoms with Crippen molar-refractivity contribution in [3.05, 3.63) is 50.7 Å². The zero-order chi connectivity index (χ0) is 15.1. The highest BCUT2D eigenvalue weighted by molar-refractivity contribution is 7.99. The van der Waals surface area contributed by atoms with Crippen LogP contribution in [-0.4, -0.2) is 27.5 Å². The molecular weight excluding hydrogens is 290 g/mol. The van der Waals surface area contributed by atoms with Crippen molar-refractivity contribution in [1.29, 1.82) is 0 Å². The van der Waals surface area contributed by atoms with E-state index in [4.69, 9.17) is 4.74 Å². The van der Waals surface area contributed by atoms with Gasteiger partial charge in [0.25, 0.3) is 5.56 Å². The van der Waals surface area contributed by atoms with Gasteiger partial charge in [-0.05, 0) is 37.7 Å². The molecule has 0 atom stereocenters. The first-order chi connectivity index (χ1) is 10.1. The summed E-state index contributed by atoms with van der Waals surface area (Å²) >= 11 is 1.32. The van der Waals surface area contributed by atoms with Crippen LogP contribution in [0.25, 0.3) is 0 Å². The van der Waals surface area contributed by atoms with Crippen LogP contribution in [-0.2, 0) is 0 Å². The fourth-order valence-electron chi connectivity index (χ4n) is 1.63. The molecule has 0 aliphatic heterocycles. The van der Waals surface area contributed by atoms with Gasteiger partial charge in [-0.15, -0.1) is 0 Å². The first kappa shape index (κ1) is 15.4. The van der Waals surface area contributed by atoms with Gasteiger partial charge in [-0.1, -0.05) is 29.5 Å². The number of unbranched alkanes of at least 4 members (excludes halogenated alkanes) is 1. The highest BCUT2D eigenvalue weighted by Gasteiger charge is 2.02. The Kier molecular flexibility index (Phi) is 5.62. The van der Waals surface area contributed by atoms with Crippen LogP contribution in [0.15, 0.2) is 38.9 Å². The number of aryl methyl sites for hydroxylation is 1. The van der Waals surface area contributed by atoms with Gasteiger partial charge in [0.15, 0.2) is 5.03 Å². The first-order valence-corrected chi connectivity index (χ1v) is 7.65. The van der Waals surface area contributed by atoms with Crippen LogP contribution in [0.2, 0.25) is 0 Å². The van der Waals surface area contributed by atoms with Crippen molar-refractivity contribution in [2.24, 2.45) is 0 Å². The molecule has 2 N–H and O–H groups in total. The number of H-pyrrole nitrogens is 2. The topological polar surface area (TPSA) is 87.8 Å². The van der Waals surface area contributed by atoms with E-state index in [-0.39, 0.29) is 5.03 Å². The highest BCUT2D eigenvalue weighted by Crippen LogP contribution is 2.13. The van der Waals surface area contributed by atoms with Crippen molar-refractivity contribution in [2.45, 2.75) is 24.8 Å². The number of aromatic nitrogens is 3. The van der Waals surface area contributed by atoms with Gasteiger partial charge in [0, 0.05) is 0 Å². The Morgan fingerprint density at radius 3 is 2.67 bits per heavy atom. The van der Waals surface area contributed by atoms with Crippen LogP contribution >= 0.6 is 11.8 Å². The Hall–Kier alpha value is -2.02. The Bertz CT molecular complexity index is 679. The number of aromatic amines is 2. The Labute approximate surface area is 126 Å². The molecule has 7 heteroatoms. The summed E-state index contributed by atoms with van der Waals surface area (Å²) in [6, 6.07) is 7.93. The summed E-state index contributed by atoms with van der Waals surface area (Å²) in [5.41, 5.74) is 0.174. The molecule has 112 valence electrons. The average molecular weight is 307 g/mol. The molecule has 0 unspecified atom stereocenters. The lowest BCUT2D eigenvalue weighted by molar-refractivity contribution is 0.310. The number of nitrogens with zero attached hydrogens (tertiary/aromatic N) is 1. The molecule has 2 rings (SSSR count). The molecule has 0 radical (unpaired) electrons. The van der Waals surface area contributed by atoms with E-state index in [9.17, 15) is 9.59 Å². The van der Waals surface area contributed by atoms with Crippen LogP contribution in [0.5, 0.6) is 5.75 Å². The number of rotatable bonds is 7. The summed E-state index contributed by atoms with van der Waals surface area (Å²) in [7, 11) is 0. The summed E-state index contributed by atoms with van der Waals surface area (Å²) in [4.78, 5) is 24.3. The third-order valence-corrected chi connectivity index (χ3v) is 3.79. The second-order valence-corrected chi connectivity index (χ2v) is 5.61. The molecule has 0 spiro atoms.